The van der Waals surface area contributed by atoms with Gasteiger partial charge in [0.1, 0.15) is 5.78 Å². The Kier molecular flexibility index (Phi) is 5.16. The molecule has 1 aliphatic heterocycles. The van der Waals surface area contributed by atoms with Crippen molar-refractivity contribution in [2.24, 2.45) is 0 Å². The average molecular weight is 479 g/mol. The lowest BCUT2D eigenvalue weighted by Crippen LogP contribution is -2.26. The Labute approximate surface area is 200 Å². The molecule has 6 nitrogen and oxygen atoms in total. The third kappa shape index (κ3) is 3.92. The van der Waals surface area contributed by atoms with Crippen LogP contribution in [0, 0.1) is 20.8 Å². The number of nitrogens with zero attached hydrogens (tertiary/aromatic N) is 1. The number of benzene rings is 2. The number of carbonyl (C=O) groups excluding carboxylic acids is 1. The Hall–Kier alpha value is -3.81. The summed E-state index contributed by atoms with van der Waals surface area (Å²) in [5.74, 6) is -1.20. The van der Waals surface area contributed by atoms with E-state index in [0.29, 0.717) is 35.4 Å². The minimum atomic E-state index is -3.71. The number of ketones is 1. The maximum atomic E-state index is 13.4. The number of carboxylic acids is 1. The van der Waals surface area contributed by atoms with E-state index in [1.807, 2.05) is 19.9 Å². The Morgan fingerprint density at radius 2 is 1.66 bits per heavy atom. The predicted molar refractivity (Wildman–Crippen MR) is 123 cm³/mol. The molecule has 1 saturated carbocycles. The number of aryl methyl sites for hydroxylation is 2. The molecule has 0 bridgehead atoms. The molecule has 35 heavy (non-hydrogen) atoms. The van der Waals surface area contributed by atoms with Gasteiger partial charge < -0.3 is 14.6 Å². The van der Waals surface area contributed by atoms with Crippen LogP contribution in [0.25, 0.3) is 11.3 Å². The highest BCUT2D eigenvalue weighted by atomic mass is 19.3. The van der Waals surface area contributed by atoms with Gasteiger partial charge in [-0.25, -0.2) is 4.79 Å². The molecule has 0 radical (unpaired) electrons. The van der Waals surface area contributed by atoms with E-state index >= 15 is 0 Å². The highest BCUT2D eigenvalue weighted by molar-refractivity contribution is 5.95. The van der Waals surface area contributed by atoms with Crippen LogP contribution in [0.5, 0.6) is 11.5 Å². The number of pyridine rings is 1. The number of ether oxygens (including phenoxy) is 2. The van der Waals surface area contributed by atoms with E-state index in [9.17, 15) is 23.5 Å². The van der Waals surface area contributed by atoms with Crippen LogP contribution in [0.4, 0.5) is 8.78 Å². The van der Waals surface area contributed by atoms with Gasteiger partial charge in [-0.3, -0.25) is 9.78 Å². The fourth-order valence-electron chi connectivity index (χ4n) is 4.80. The summed E-state index contributed by atoms with van der Waals surface area (Å²) in [4.78, 5) is 29.8. The van der Waals surface area contributed by atoms with Crippen LogP contribution >= 0.6 is 0 Å². The van der Waals surface area contributed by atoms with E-state index in [-0.39, 0.29) is 29.3 Å². The highest BCUT2D eigenvalue weighted by Gasteiger charge is 2.52. The number of fused-ring (bicyclic) bond motifs is 1. The molecule has 180 valence electrons. The molecular formula is C27H23F2NO5. The number of halogens is 2. The number of rotatable bonds is 6. The smallest absolute Gasteiger partial charge is 0.478 e. The normalized spacial score (nSPS) is 16.7. The molecule has 5 rings (SSSR count). The van der Waals surface area contributed by atoms with Crippen molar-refractivity contribution in [3.8, 4) is 22.8 Å². The first kappa shape index (κ1) is 23.0. The second-order valence-electron chi connectivity index (χ2n) is 9.21. The first-order valence-corrected chi connectivity index (χ1v) is 11.2. The van der Waals surface area contributed by atoms with Crippen LogP contribution in [0.2, 0.25) is 0 Å². The summed E-state index contributed by atoms with van der Waals surface area (Å²) in [7, 11) is 0. The monoisotopic (exact) mass is 479 g/mol. The molecule has 3 aromatic rings. The van der Waals surface area contributed by atoms with Crippen molar-refractivity contribution < 1.29 is 33.0 Å². The molecule has 2 heterocycles. The van der Waals surface area contributed by atoms with Gasteiger partial charge in [0.25, 0.3) is 0 Å². The van der Waals surface area contributed by atoms with Gasteiger partial charge in [0, 0.05) is 17.7 Å². The van der Waals surface area contributed by atoms with Crippen LogP contribution < -0.4 is 9.47 Å². The van der Waals surface area contributed by atoms with Gasteiger partial charge >= 0.3 is 12.3 Å². The molecule has 1 N–H and O–H groups in total. The number of aromatic nitrogens is 1. The van der Waals surface area contributed by atoms with Gasteiger partial charge in [-0.05, 0) is 80.1 Å². The van der Waals surface area contributed by atoms with Crippen molar-refractivity contribution in [2.75, 3.05) is 0 Å². The zero-order valence-corrected chi connectivity index (χ0v) is 19.4. The third-order valence-electron chi connectivity index (χ3n) is 6.87. The molecule has 0 unspecified atom stereocenters. The van der Waals surface area contributed by atoms with Gasteiger partial charge in [0.2, 0.25) is 0 Å². The largest absolute Gasteiger partial charge is 0.586 e. The zero-order valence-electron chi connectivity index (χ0n) is 19.4. The number of aromatic carboxylic acids is 1. The minimum Gasteiger partial charge on any atom is -0.478 e. The maximum Gasteiger partial charge on any atom is 0.586 e. The fourth-order valence-corrected chi connectivity index (χ4v) is 4.80. The first-order valence-electron chi connectivity index (χ1n) is 11.2. The van der Waals surface area contributed by atoms with Crippen molar-refractivity contribution in [1.29, 1.82) is 0 Å². The maximum absolute atomic E-state index is 13.4. The molecule has 1 aliphatic carbocycles. The van der Waals surface area contributed by atoms with E-state index in [1.54, 1.807) is 31.2 Å². The molecular weight excluding hydrogens is 456 g/mol. The number of alkyl halides is 2. The van der Waals surface area contributed by atoms with E-state index in [0.717, 1.165) is 16.7 Å². The molecule has 0 spiro atoms. The first-order chi connectivity index (χ1) is 16.5. The SMILES string of the molecule is Cc1ccc(CC(=O)C2(c3ccc4c(c3)OC(F)(F)O4)CC2)nc1-c1c(C)ccc(C(=O)O)c1C. The minimum absolute atomic E-state index is 0.0545. The van der Waals surface area contributed by atoms with Crippen LogP contribution in [0.3, 0.4) is 0 Å². The fraction of sp³-hybridized carbons (Fsp3) is 0.296. The Balaban J connectivity index is 1.45. The van der Waals surface area contributed by atoms with Gasteiger partial charge in [0.05, 0.1) is 16.7 Å². The van der Waals surface area contributed by atoms with Gasteiger partial charge in [-0.15, -0.1) is 8.78 Å². The third-order valence-corrected chi connectivity index (χ3v) is 6.87. The molecule has 1 fully saturated rings. The summed E-state index contributed by atoms with van der Waals surface area (Å²) < 4.78 is 35.8. The summed E-state index contributed by atoms with van der Waals surface area (Å²) in [6.07, 6.45) is -2.42. The van der Waals surface area contributed by atoms with Crippen molar-refractivity contribution in [3.63, 3.8) is 0 Å². The lowest BCUT2D eigenvalue weighted by Gasteiger charge is -2.17. The Morgan fingerprint density at radius 1 is 0.971 bits per heavy atom. The second kappa shape index (κ2) is 7.86. The van der Waals surface area contributed by atoms with Crippen LogP contribution in [0.1, 0.15) is 51.1 Å². The molecule has 0 atom stereocenters. The second-order valence-corrected chi connectivity index (χ2v) is 9.21. The quantitative estimate of drug-likeness (QED) is 0.500. The van der Waals surface area contributed by atoms with E-state index in [2.05, 4.69) is 9.47 Å². The standard InChI is InChI=1S/C27H23F2NO5/c1-14-5-8-19(25(32)33)16(3)23(14)24-15(2)4-7-18(30-24)13-22(31)26(10-11-26)17-6-9-20-21(12-17)35-27(28,29)34-20/h4-9,12H,10-11,13H2,1-3H3,(H,32,33). The van der Waals surface area contributed by atoms with Crippen LogP contribution in [-0.2, 0) is 16.6 Å². The number of carbonyl (C=O) groups is 2. The molecule has 0 saturated heterocycles. The molecule has 2 aliphatic rings. The lowest BCUT2D eigenvalue weighted by molar-refractivity contribution is -0.286. The van der Waals surface area contributed by atoms with E-state index < -0.39 is 17.7 Å². The zero-order chi connectivity index (χ0) is 25.1. The van der Waals surface area contributed by atoms with E-state index in [1.165, 1.54) is 12.1 Å². The number of Topliss-reactive ketones (excluding diaryl/α,β-unsaturated/α-hetero) is 1. The van der Waals surface area contributed by atoms with Crippen molar-refractivity contribution >= 4 is 11.8 Å². The summed E-state index contributed by atoms with van der Waals surface area (Å²) in [6, 6.07) is 11.5. The summed E-state index contributed by atoms with van der Waals surface area (Å²) in [6.45, 7) is 5.55. The van der Waals surface area contributed by atoms with E-state index in [4.69, 9.17) is 4.98 Å². The topological polar surface area (TPSA) is 85.7 Å². The van der Waals surface area contributed by atoms with Crippen molar-refractivity contribution in [2.45, 2.75) is 51.7 Å². The predicted octanol–water partition coefficient (Wildman–Crippen LogP) is 5.54. The lowest BCUT2D eigenvalue weighted by atomic mass is 9.88. The van der Waals surface area contributed by atoms with Gasteiger partial charge in [0.15, 0.2) is 11.5 Å². The average Bonchev–Trinajstić information content (AvgIpc) is 3.52. The number of carboxylic acid groups (broad SMARTS) is 1. The molecule has 2 aromatic carbocycles. The van der Waals surface area contributed by atoms with Gasteiger partial charge in [-0.1, -0.05) is 18.2 Å². The van der Waals surface area contributed by atoms with Crippen LogP contribution in [0.15, 0.2) is 42.5 Å². The van der Waals surface area contributed by atoms with Crippen LogP contribution in [-0.4, -0.2) is 28.1 Å². The molecule has 0 amide bonds. The van der Waals surface area contributed by atoms with Crippen molar-refractivity contribution in [1.82, 2.24) is 4.98 Å². The summed E-state index contributed by atoms with van der Waals surface area (Å²) in [5, 5.41) is 9.54. The number of hydrogen-bond acceptors (Lipinski definition) is 5. The molecule has 1 aromatic heterocycles. The van der Waals surface area contributed by atoms with Crippen molar-refractivity contribution in [3.05, 3.63) is 76.0 Å². The Morgan fingerprint density at radius 3 is 2.34 bits per heavy atom. The molecule has 8 heteroatoms. The Bertz CT molecular complexity index is 1390. The van der Waals surface area contributed by atoms with Gasteiger partial charge in [-0.2, -0.15) is 0 Å². The number of hydrogen-bond donors (Lipinski definition) is 1. The highest BCUT2D eigenvalue weighted by Crippen LogP contribution is 2.52. The summed E-state index contributed by atoms with van der Waals surface area (Å²) >= 11 is 0. The summed E-state index contributed by atoms with van der Waals surface area (Å²) in [5.41, 5.74) is 4.39.